The average Bonchev–Trinajstić information content (AvgIpc) is 2.77. The summed E-state index contributed by atoms with van der Waals surface area (Å²) in [5.74, 6) is 0.232. The van der Waals surface area contributed by atoms with Crippen LogP contribution in [0.3, 0.4) is 0 Å². The van der Waals surface area contributed by atoms with Gasteiger partial charge in [0.15, 0.2) is 0 Å². The Balaban J connectivity index is 1.74. The molecule has 0 radical (unpaired) electrons. The second kappa shape index (κ2) is 10.0. The molecule has 3 aromatic carbocycles. The molecule has 3 aromatic rings. The van der Waals surface area contributed by atoms with Gasteiger partial charge in [-0.25, -0.2) is 8.42 Å². The lowest BCUT2D eigenvalue weighted by Gasteiger charge is -2.14. The largest absolute Gasteiger partial charge is 0.492 e. The minimum Gasteiger partial charge on any atom is -0.492 e. The molecule has 0 aliphatic rings. The van der Waals surface area contributed by atoms with Crippen molar-refractivity contribution in [3.8, 4) is 5.75 Å². The van der Waals surface area contributed by atoms with E-state index in [1.807, 2.05) is 13.0 Å². The van der Waals surface area contributed by atoms with E-state index >= 15 is 0 Å². The smallest absolute Gasteiger partial charge is 0.243 e. The van der Waals surface area contributed by atoms with Gasteiger partial charge in [-0.15, -0.1) is 0 Å². The molecule has 162 valence electrons. The molecule has 0 atom stereocenters. The Bertz CT molecular complexity index is 1190. The standard InChI is InChI=1S/C22H20Cl2N2O4S/c1-2-30-18-11-7-6-10-16(18)26-20(27)14-25-17-12-13-19(22(24)21(17)23)31(28,29)15-8-4-3-5-9-15/h3-13,25H,2,14H2,1H3,(H,26,27). The zero-order valence-electron chi connectivity index (χ0n) is 16.6. The predicted octanol–water partition coefficient (Wildman–Crippen LogP) is 5.28. The third-order valence-corrected chi connectivity index (χ3v) is 7.10. The molecule has 2 N–H and O–H groups in total. The van der Waals surface area contributed by atoms with E-state index in [-0.39, 0.29) is 32.3 Å². The SMILES string of the molecule is CCOc1ccccc1NC(=O)CNc1ccc(S(=O)(=O)c2ccccc2)c(Cl)c1Cl. The highest BCUT2D eigenvalue weighted by Crippen LogP contribution is 2.37. The van der Waals surface area contributed by atoms with Crippen molar-refractivity contribution in [3.63, 3.8) is 0 Å². The lowest BCUT2D eigenvalue weighted by atomic mass is 10.3. The molecule has 0 spiro atoms. The summed E-state index contributed by atoms with van der Waals surface area (Å²) < 4.78 is 31.2. The highest BCUT2D eigenvalue weighted by Gasteiger charge is 2.23. The van der Waals surface area contributed by atoms with E-state index < -0.39 is 9.84 Å². The second-order valence-corrected chi connectivity index (χ2v) is 9.06. The van der Waals surface area contributed by atoms with E-state index in [0.717, 1.165) is 0 Å². The minimum absolute atomic E-state index is 0.0150. The molecule has 0 heterocycles. The van der Waals surface area contributed by atoms with Crippen molar-refractivity contribution in [1.29, 1.82) is 0 Å². The summed E-state index contributed by atoms with van der Waals surface area (Å²) in [6.07, 6.45) is 0. The highest BCUT2D eigenvalue weighted by molar-refractivity contribution is 7.91. The Morgan fingerprint density at radius 2 is 1.58 bits per heavy atom. The molecule has 0 saturated heterocycles. The first-order valence-corrected chi connectivity index (χ1v) is 11.6. The number of benzene rings is 3. The average molecular weight is 479 g/mol. The quantitative estimate of drug-likeness (QED) is 0.460. The maximum Gasteiger partial charge on any atom is 0.243 e. The van der Waals surface area contributed by atoms with Gasteiger partial charge in [0.05, 0.1) is 44.4 Å². The molecule has 0 aliphatic heterocycles. The van der Waals surface area contributed by atoms with E-state index in [2.05, 4.69) is 10.6 Å². The van der Waals surface area contributed by atoms with E-state index in [1.165, 1.54) is 24.3 Å². The maximum atomic E-state index is 12.8. The van der Waals surface area contributed by atoms with Crippen molar-refractivity contribution in [2.45, 2.75) is 16.7 Å². The third kappa shape index (κ3) is 5.31. The number of para-hydroxylation sites is 2. The van der Waals surface area contributed by atoms with Gasteiger partial charge in [-0.3, -0.25) is 4.79 Å². The van der Waals surface area contributed by atoms with E-state index in [9.17, 15) is 13.2 Å². The van der Waals surface area contributed by atoms with Crippen molar-refractivity contribution in [1.82, 2.24) is 0 Å². The fourth-order valence-corrected chi connectivity index (χ4v) is 4.94. The second-order valence-electron chi connectivity index (χ2n) is 6.39. The summed E-state index contributed by atoms with van der Waals surface area (Å²) in [7, 11) is -3.83. The molecule has 0 saturated carbocycles. The molecule has 0 bridgehead atoms. The molecule has 0 fully saturated rings. The maximum absolute atomic E-state index is 12.8. The number of amides is 1. The van der Waals surface area contributed by atoms with Crippen molar-refractivity contribution in [3.05, 3.63) is 76.8 Å². The van der Waals surface area contributed by atoms with Gasteiger partial charge >= 0.3 is 0 Å². The first-order valence-electron chi connectivity index (χ1n) is 9.38. The summed E-state index contributed by atoms with van der Waals surface area (Å²) in [6, 6.07) is 17.9. The molecule has 0 unspecified atom stereocenters. The zero-order chi connectivity index (χ0) is 22.4. The number of rotatable bonds is 8. The lowest BCUT2D eigenvalue weighted by molar-refractivity contribution is -0.114. The van der Waals surface area contributed by atoms with E-state index in [1.54, 1.807) is 36.4 Å². The predicted molar refractivity (Wildman–Crippen MR) is 123 cm³/mol. The molecule has 9 heteroatoms. The Hall–Kier alpha value is -2.74. The fraction of sp³-hybridized carbons (Fsp3) is 0.136. The van der Waals surface area contributed by atoms with E-state index in [4.69, 9.17) is 27.9 Å². The van der Waals surface area contributed by atoms with Gasteiger partial charge in [0, 0.05) is 0 Å². The fourth-order valence-electron chi connectivity index (χ4n) is 2.82. The molecule has 0 aromatic heterocycles. The number of hydrogen-bond acceptors (Lipinski definition) is 5. The van der Waals surface area contributed by atoms with Crippen LogP contribution in [0.4, 0.5) is 11.4 Å². The van der Waals surface area contributed by atoms with Crippen LogP contribution < -0.4 is 15.4 Å². The molecule has 6 nitrogen and oxygen atoms in total. The van der Waals surface area contributed by atoms with Gasteiger partial charge in [0.2, 0.25) is 15.7 Å². The molecular weight excluding hydrogens is 459 g/mol. The van der Waals surface area contributed by atoms with Crippen LogP contribution in [0, 0.1) is 0 Å². The number of carbonyl (C=O) groups excluding carboxylic acids is 1. The van der Waals surface area contributed by atoms with Crippen molar-refractivity contribution in [2.24, 2.45) is 0 Å². The van der Waals surface area contributed by atoms with Crippen molar-refractivity contribution in [2.75, 3.05) is 23.8 Å². The first-order chi connectivity index (χ1) is 14.8. The summed E-state index contributed by atoms with van der Waals surface area (Å²) in [5.41, 5.74) is 0.886. The number of hydrogen-bond donors (Lipinski definition) is 2. The Labute approximate surface area is 191 Å². The zero-order valence-corrected chi connectivity index (χ0v) is 18.9. The number of anilines is 2. The number of ether oxygens (including phenoxy) is 1. The van der Waals surface area contributed by atoms with Gasteiger partial charge in [-0.2, -0.15) is 0 Å². The Morgan fingerprint density at radius 1 is 0.903 bits per heavy atom. The minimum atomic E-state index is -3.83. The lowest BCUT2D eigenvalue weighted by Crippen LogP contribution is -2.22. The van der Waals surface area contributed by atoms with Gasteiger partial charge in [-0.1, -0.05) is 53.5 Å². The molecule has 3 rings (SSSR count). The molecule has 1 amide bonds. The summed E-state index contributed by atoms with van der Waals surface area (Å²) in [4.78, 5) is 12.4. The number of sulfone groups is 1. The third-order valence-electron chi connectivity index (χ3n) is 4.29. The van der Waals surface area contributed by atoms with Gasteiger partial charge in [0.1, 0.15) is 5.75 Å². The first kappa shape index (κ1) is 22.9. The van der Waals surface area contributed by atoms with Crippen molar-refractivity contribution >= 4 is 50.3 Å². The van der Waals surface area contributed by atoms with Crippen LogP contribution in [0.2, 0.25) is 10.0 Å². The molecule has 0 aliphatic carbocycles. The number of carbonyl (C=O) groups is 1. The van der Waals surface area contributed by atoms with Crippen molar-refractivity contribution < 1.29 is 17.9 Å². The van der Waals surface area contributed by atoms with Gasteiger partial charge < -0.3 is 15.4 Å². The molecule has 31 heavy (non-hydrogen) atoms. The monoisotopic (exact) mass is 478 g/mol. The van der Waals surface area contributed by atoms with Crippen LogP contribution in [0.15, 0.2) is 76.5 Å². The highest BCUT2D eigenvalue weighted by atomic mass is 35.5. The normalized spacial score (nSPS) is 11.1. The Morgan fingerprint density at radius 3 is 2.29 bits per heavy atom. The van der Waals surface area contributed by atoms with E-state index in [0.29, 0.717) is 23.7 Å². The summed E-state index contributed by atoms with van der Waals surface area (Å²) >= 11 is 12.6. The Kier molecular flexibility index (Phi) is 7.43. The number of halogens is 2. The van der Waals surface area contributed by atoms with Crippen LogP contribution in [0.1, 0.15) is 6.92 Å². The van der Waals surface area contributed by atoms with Crippen LogP contribution >= 0.6 is 23.2 Å². The summed E-state index contributed by atoms with van der Waals surface area (Å²) in [6.45, 7) is 2.21. The summed E-state index contributed by atoms with van der Waals surface area (Å²) in [5, 5.41) is 5.54. The van der Waals surface area contributed by atoms with Crippen LogP contribution in [0.25, 0.3) is 0 Å². The van der Waals surface area contributed by atoms with Gasteiger partial charge in [-0.05, 0) is 43.3 Å². The van der Waals surface area contributed by atoms with Gasteiger partial charge in [0.25, 0.3) is 0 Å². The van der Waals surface area contributed by atoms with Crippen LogP contribution in [-0.4, -0.2) is 27.5 Å². The molecular formula is C22H20Cl2N2O4S. The van der Waals surface area contributed by atoms with Crippen LogP contribution in [0.5, 0.6) is 5.75 Å². The number of nitrogens with one attached hydrogen (secondary N) is 2. The topological polar surface area (TPSA) is 84.5 Å². The van der Waals surface area contributed by atoms with Crippen LogP contribution in [-0.2, 0) is 14.6 Å².